The first-order chi connectivity index (χ1) is 11.0. The summed E-state index contributed by atoms with van der Waals surface area (Å²) >= 11 is 7.07. The van der Waals surface area contributed by atoms with Gasteiger partial charge in [-0.25, -0.2) is 4.98 Å². The number of aromatic nitrogens is 1. The van der Waals surface area contributed by atoms with E-state index in [-0.39, 0.29) is 11.7 Å². The van der Waals surface area contributed by atoms with E-state index in [0.717, 1.165) is 21.6 Å². The fourth-order valence-electron chi connectivity index (χ4n) is 2.29. The summed E-state index contributed by atoms with van der Waals surface area (Å²) < 4.78 is 38.6. The summed E-state index contributed by atoms with van der Waals surface area (Å²) in [6, 6.07) is 1.01. The van der Waals surface area contributed by atoms with E-state index >= 15 is 0 Å². The topological polar surface area (TPSA) is 68.1 Å². The van der Waals surface area contributed by atoms with Crippen molar-refractivity contribution < 1.29 is 18.1 Å². The molecule has 10 heteroatoms. The van der Waals surface area contributed by atoms with E-state index in [0.29, 0.717) is 6.07 Å². The highest BCUT2D eigenvalue weighted by Gasteiger charge is 2.36. The Morgan fingerprint density at radius 1 is 1.38 bits per heavy atom. The van der Waals surface area contributed by atoms with Crippen LogP contribution in [-0.4, -0.2) is 9.91 Å². The van der Waals surface area contributed by atoms with Crippen molar-refractivity contribution in [3.05, 3.63) is 48.4 Å². The van der Waals surface area contributed by atoms with E-state index in [1.54, 1.807) is 13.8 Å². The monoisotopic (exact) mass is 379 g/mol. The van der Waals surface area contributed by atoms with Gasteiger partial charge < -0.3 is 5.32 Å². The Kier molecular flexibility index (Phi) is 5.05. The lowest BCUT2D eigenvalue weighted by Crippen LogP contribution is -2.11. The minimum absolute atomic E-state index is 0.0732. The molecule has 0 unspecified atom stereocenters. The molecule has 1 N–H and O–H groups in total. The number of aryl methyl sites for hydroxylation is 2. The molecule has 0 spiro atoms. The second kappa shape index (κ2) is 6.56. The van der Waals surface area contributed by atoms with Gasteiger partial charge >= 0.3 is 6.18 Å². The molecule has 0 aliphatic rings. The molecule has 0 saturated carbocycles. The molecule has 5 nitrogen and oxygen atoms in total. The Labute approximate surface area is 144 Å². The Hall–Kier alpha value is -1.87. The van der Waals surface area contributed by atoms with Crippen molar-refractivity contribution in [2.24, 2.45) is 0 Å². The van der Waals surface area contributed by atoms with Gasteiger partial charge in [-0.15, -0.1) is 11.3 Å². The van der Waals surface area contributed by atoms with Gasteiger partial charge in [-0.1, -0.05) is 11.6 Å². The highest BCUT2D eigenvalue weighted by Crippen LogP contribution is 2.41. The number of halogens is 4. The summed E-state index contributed by atoms with van der Waals surface area (Å²) in [5.74, 6) is 0. The summed E-state index contributed by atoms with van der Waals surface area (Å²) in [6.45, 7) is 5.37. The summed E-state index contributed by atoms with van der Waals surface area (Å²) in [5.41, 5.74) is -1.23. The maximum Gasteiger partial charge on any atom is 0.418 e. The van der Waals surface area contributed by atoms with Gasteiger partial charge in [-0.2, -0.15) is 13.2 Å². The third-order valence-corrected chi connectivity index (χ3v) is 4.86. The lowest BCUT2D eigenvalue weighted by molar-refractivity contribution is -0.384. The number of hydrogen-bond acceptors (Lipinski definition) is 5. The smallest absolute Gasteiger partial charge is 0.372 e. The molecule has 1 aromatic heterocycles. The zero-order valence-electron chi connectivity index (χ0n) is 12.9. The van der Waals surface area contributed by atoms with Crippen LogP contribution in [0.2, 0.25) is 5.02 Å². The van der Waals surface area contributed by atoms with Crippen LogP contribution >= 0.6 is 22.9 Å². The third kappa shape index (κ3) is 3.78. The summed E-state index contributed by atoms with van der Waals surface area (Å²) in [6.07, 6.45) is -4.77. The van der Waals surface area contributed by atoms with E-state index < -0.39 is 27.4 Å². The van der Waals surface area contributed by atoms with Gasteiger partial charge in [0.05, 0.1) is 32.3 Å². The van der Waals surface area contributed by atoms with Gasteiger partial charge in [-0.05, 0) is 26.8 Å². The van der Waals surface area contributed by atoms with Crippen LogP contribution in [0.3, 0.4) is 0 Å². The molecule has 0 aliphatic heterocycles. The van der Waals surface area contributed by atoms with Crippen LogP contribution in [0.15, 0.2) is 12.1 Å². The highest BCUT2D eigenvalue weighted by atomic mass is 35.5. The first kappa shape index (κ1) is 18.5. The fraction of sp³-hybridized carbons (Fsp3) is 0.357. The van der Waals surface area contributed by atoms with Crippen LogP contribution in [0, 0.1) is 24.0 Å². The third-order valence-electron chi connectivity index (χ3n) is 3.29. The fourth-order valence-corrected chi connectivity index (χ4v) is 3.49. The van der Waals surface area contributed by atoms with Gasteiger partial charge in [0.1, 0.15) is 5.69 Å². The van der Waals surface area contributed by atoms with Crippen molar-refractivity contribution in [1.29, 1.82) is 0 Å². The lowest BCUT2D eigenvalue weighted by atomic mass is 10.1. The van der Waals surface area contributed by atoms with Gasteiger partial charge in [0, 0.05) is 10.9 Å². The van der Waals surface area contributed by atoms with Crippen molar-refractivity contribution >= 4 is 34.3 Å². The number of rotatable bonds is 4. The molecular weight excluding hydrogens is 367 g/mol. The normalized spacial score (nSPS) is 13.0. The number of thiazole rings is 1. The second-order valence-corrected chi connectivity index (χ2v) is 6.79. The van der Waals surface area contributed by atoms with Crippen molar-refractivity contribution in [3.8, 4) is 0 Å². The average Bonchev–Trinajstić information content (AvgIpc) is 2.76. The van der Waals surface area contributed by atoms with Crippen LogP contribution in [0.5, 0.6) is 0 Å². The maximum absolute atomic E-state index is 12.9. The molecule has 1 heterocycles. The molecule has 0 aliphatic carbocycles. The van der Waals surface area contributed by atoms with Gasteiger partial charge in [0.25, 0.3) is 5.69 Å². The first-order valence-corrected chi connectivity index (χ1v) is 7.95. The molecule has 130 valence electrons. The zero-order chi connectivity index (χ0) is 18.2. The van der Waals surface area contributed by atoms with Gasteiger partial charge in [-0.3, -0.25) is 10.1 Å². The van der Waals surface area contributed by atoms with E-state index in [1.165, 1.54) is 11.3 Å². The van der Waals surface area contributed by atoms with Gasteiger partial charge in [0.2, 0.25) is 0 Å². The predicted molar refractivity (Wildman–Crippen MR) is 86.7 cm³/mol. The molecule has 0 amide bonds. The minimum Gasteiger partial charge on any atom is -0.372 e. The number of nitro benzene ring substituents is 1. The van der Waals surface area contributed by atoms with E-state index in [2.05, 4.69) is 10.3 Å². The van der Waals surface area contributed by atoms with Crippen LogP contribution in [0.1, 0.15) is 34.1 Å². The number of hydrogen-bond donors (Lipinski definition) is 1. The maximum atomic E-state index is 12.9. The second-order valence-electron chi connectivity index (χ2n) is 5.15. The zero-order valence-corrected chi connectivity index (χ0v) is 14.4. The Bertz CT molecular complexity index is 792. The van der Waals surface area contributed by atoms with E-state index in [1.807, 2.05) is 6.92 Å². The first-order valence-electron chi connectivity index (χ1n) is 6.76. The molecular formula is C14H13ClF3N3O2S. The Morgan fingerprint density at radius 3 is 2.46 bits per heavy atom. The molecule has 1 aromatic carbocycles. The Balaban J connectivity index is 2.44. The highest BCUT2D eigenvalue weighted by molar-refractivity contribution is 7.11. The van der Waals surface area contributed by atoms with Gasteiger partial charge in [0.15, 0.2) is 0 Å². The minimum atomic E-state index is -4.77. The summed E-state index contributed by atoms with van der Waals surface area (Å²) in [4.78, 5) is 15.4. The van der Waals surface area contributed by atoms with Crippen molar-refractivity contribution in [2.45, 2.75) is 33.0 Å². The lowest BCUT2D eigenvalue weighted by Gasteiger charge is -2.16. The largest absolute Gasteiger partial charge is 0.418 e. The molecule has 24 heavy (non-hydrogen) atoms. The van der Waals surface area contributed by atoms with Crippen LogP contribution < -0.4 is 5.32 Å². The van der Waals surface area contributed by atoms with E-state index in [9.17, 15) is 23.3 Å². The van der Waals surface area contributed by atoms with Crippen molar-refractivity contribution in [1.82, 2.24) is 4.98 Å². The SMILES string of the molecule is Cc1nc(C)c([C@H](C)Nc2cc(Cl)c(C(F)(F)F)cc2[N+](=O)[O-])s1. The number of nitrogens with zero attached hydrogens (tertiary/aromatic N) is 2. The number of anilines is 1. The van der Waals surface area contributed by atoms with E-state index in [4.69, 9.17) is 11.6 Å². The molecule has 1 atom stereocenters. The molecule has 0 saturated heterocycles. The summed E-state index contributed by atoms with van der Waals surface area (Å²) in [7, 11) is 0. The number of benzene rings is 1. The number of nitrogens with one attached hydrogen (secondary N) is 1. The molecule has 0 fully saturated rings. The number of nitro groups is 1. The van der Waals surface area contributed by atoms with Crippen LogP contribution in [0.25, 0.3) is 0 Å². The molecule has 2 rings (SSSR count). The quantitative estimate of drug-likeness (QED) is 0.561. The predicted octanol–water partition coefficient (Wildman–Crippen LogP) is 5.51. The van der Waals surface area contributed by atoms with Crippen LogP contribution in [0.4, 0.5) is 24.5 Å². The van der Waals surface area contributed by atoms with Crippen LogP contribution in [-0.2, 0) is 6.18 Å². The van der Waals surface area contributed by atoms with Crippen molar-refractivity contribution in [3.63, 3.8) is 0 Å². The summed E-state index contributed by atoms with van der Waals surface area (Å²) in [5, 5.41) is 14.2. The number of alkyl halides is 3. The standard InChI is InChI=1S/C14H13ClF3N3O2S/c1-6-13(24-8(3)19-6)7(2)20-11-5-10(15)9(14(16,17)18)4-12(11)21(22)23/h4-5,7,20H,1-3H3/t7-/m0/s1. The Morgan fingerprint density at radius 2 is 2.00 bits per heavy atom. The molecule has 0 bridgehead atoms. The average molecular weight is 380 g/mol. The van der Waals surface area contributed by atoms with Crippen molar-refractivity contribution in [2.75, 3.05) is 5.32 Å². The molecule has 2 aromatic rings. The molecule has 0 radical (unpaired) electrons.